The summed E-state index contributed by atoms with van der Waals surface area (Å²) in [6.07, 6.45) is 3.76. The molecule has 0 aliphatic heterocycles. The molecule has 2 rings (SSSR count). The topological polar surface area (TPSA) is 38.3 Å². The third-order valence-corrected chi connectivity index (χ3v) is 4.73. The van der Waals surface area contributed by atoms with Crippen LogP contribution < -0.4 is 5.32 Å². The van der Waals surface area contributed by atoms with E-state index in [1.165, 1.54) is 0 Å². The number of esters is 1. The van der Waals surface area contributed by atoms with Crippen LogP contribution in [0.4, 0.5) is 5.69 Å². The first-order chi connectivity index (χ1) is 9.57. The number of halogens is 1. The van der Waals surface area contributed by atoms with Gasteiger partial charge in [0, 0.05) is 10.2 Å². The van der Waals surface area contributed by atoms with E-state index in [0.717, 1.165) is 35.8 Å². The van der Waals surface area contributed by atoms with E-state index in [4.69, 9.17) is 4.74 Å². The Kier molecular flexibility index (Phi) is 5.08. The molecule has 0 heterocycles. The second-order valence-corrected chi connectivity index (χ2v) is 6.44. The lowest BCUT2D eigenvalue weighted by atomic mass is 9.77. The zero-order valence-corrected chi connectivity index (χ0v) is 13.7. The molecule has 0 bridgehead atoms. The average molecular weight is 340 g/mol. The normalized spacial score (nSPS) is 26.1. The molecule has 4 heteroatoms. The van der Waals surface area contributed by atoms with E-state index in [1.54, 1.807) is 0 Å². The number of rotatable bonds is 4. The van der Waals surface area contributed by atoms with Gasteiger partial charge in [-0.3, -0.25) is 0 Å². The predicted molar refractivity (Wildman–Crippen MR) is 84.8 cm³/mol. The van der Waals surface area contributed by atoms with Crippen molar-refractivity contribution in [3.05, 3.63) is 28.7 Å². The fourth-order valence-electron chi connectivity index (χ4n) is 2.72. The van der Waals surface area contributed by atoms with Crippen LogP contribution in [0, 0.1) is 5.92 Å². The number of nitrogens with one attached hydrogen (secondary N) is 1. The predicted octanol–water partition coefficient (Wildman–Crippen LogP) is 4.37. The van der Waals surface area contributed by atoms with Crippen molar-refractivity contribution < 1.29 is 9.53 Å². The highest BCUT2D eigenvalue weighted by Gasteiger charge is 2.42. The van der Waals surface area contributed by atoms with Gasteiger partial charge in [0.15, 0.2) is 0 Å². The van der Waals surface area contributed by atoms with Gasteiger partial charge in [-0.1, -0.05) is 19.1 Å². The fourth-order valence-corrected chi connectivity index (χ4v) is 3.11. The molecule has 0 amide bonds. The van der Waals surface area contributed by atoms with Crippen LogP contribution in [0.2, 0.25) is 0 Å². The monoisotopic (exact) mass is 339 g/mol. The van der Waals surface area contributed by atoms with Gasteiger partial charge in [-0.25, -0.2) is 4.79 Å². The highest BCUT2D eigenvalue weighted by molar-refractivity contribution is 9.10. The summed E-state index contributed by atoms with van der Waals surface area (Å²) in [5, 5.41) is 3.45. The van der Waals surface area contributed by atoms with Crippen LogP contribution in [-0.2, 0) is 9.53 Å². The summed E-state index contributed by atoms with van der Waals surface area (Å²) >= 11 is 3.53. The SMILES string of the molecule is CCOC(=O)C1(Nc2ccccc2Br)CCC(C)CC1. The molecule has 1 saturated carbocycles. The van der Waals surface area contributed by atoms with Crippen LogP contribution in [0.25, 0.3) is 0 Å². The molecule has 0 unspecified atom stereocenters. The molecule has 1 N–H and O–H groups in total. The number of benzene rings is 1. The summed E-state index contributed by atoms with van der Waals surface area (Å²) in [7, 11) is 0. The number of anilines is 1. The van der Waals surface area contributed by atoms with Gasteiger partial charge in [0.05, 0.1) is 6.61 Å². The van der Waals surface area contributed by atoms with E-state index in [0.29, 0.717) is 12.5 Å². The van der Waals surface area contributed by atoms with Gasteiger partial charge in [-0.05, 0) is 66.6 Å². The lowest BCUT2D eigenvalue weighted by Gasteiger charge is -2.38. The van der Waals surface area contributed by atoms with E-state index in [1.807, 2.05) is 31.2 Å². The van der Waals surface area contributed by atoms with Crippen molar-refractivity contribution in [1.82, 2.24) is 0 Å². The van der Waals surface area contributed by atoms with Crippen molar-refractivity contribution >= 4 is 27.6 Å². The summed E-state index contributed by atoms with van der Waals surface area (Å²) in [6.45, 7) is 4.52. The van der Waals surface area contributed by atoms with Gasteiger partial charge in [-0.2, -0.15) is 0 Å². The van der Waals surface area contributed by atoms with E-state index in [-0.39, 0.29) is 5.97 Å². The Morgan fingerprint density at radius 3 is 2.65 bits per heavy atom. The van der Waals surface area contributed by atoms with Crippen LogP contribution in [0.5, 0.6) is 0 Å². The molecule has 1 aliphatic carbocycles. The Labute approximate surface area is 129 Å². The van der Waals surface area contributed by atoms with Gasteiger partial charge in [0.2, 0.25) is 0 Å². The van der Waals surface area contributed by atoms with Crippen molar-refractivity contribution in [1.29, 1.82) is 0 Å². The molecule has 110 valence electrons. The lowest BCUT2D eigenvalue weighted by Crippen LogP contribution is -2.50. The molecule has 0 aromatic heterocycles. The summed E-state index contributed by atoms with van der Waals surface area (Å²) < 4.78 is 6.29. The van der Waals surface area contributed by atoms with E-state index in [2.05, 4.69) is 28.2 Å². The second kappa shape index (κ2) is 6.61. The molecule has 0 saturated heterocycles. The Balaban J connectivity index is 2.23. The van der Waals surface area contributed by atoms with Crippen molar-refractivity contribution in [2.75, 3.05) is 11.9 Å². The summed E-state index contributed by atoms with van der Waals surface area (Å²) in [6, 6.07) is 7.91. The number of carbonyl (C=O) groups excluding carboxylic acids is 1. The van der Waals surface area contributed by atoms with Crippen LogP contribution >= 0.6 is 15.9 Å². The molecule has 0 atom stereocenters. The first-order valence-electron chi connectivity index (χ1n) is 7.27. The van der Waals surface area contributed by atoms with Crippen molar-refractivity contribution in [2.24, 2.45) is 5.92 Å². The first kappa shape index (κ1) is 15.4. The number of ether oxygens (including phenoxy) is 1. The summed E-state index contributed by atoms with van der Waals surface area (Å²) in [5.41, 5.74) is 0.377. The zero-order valence-electron chi connectivity index (χ0n) is 12.1. The zero-order chi connectivity index (χ0) is 14.6. The smallest absolute Gasteiger partial charge is 0.331 e. The largest absolute Gasteiger partial charge is 0.464 e. The molecule has 1 aromatic rings. The van der Waals surface area contributed by atoms with Gasteiger partial charge in [0.1, 0.15) is 5.54 Å². The third kappa shape index (κ3) is 3.35. The van der Waals surface area contributed by atoms with Crippen LogP contribution in [0.3, 0.4) is 0 Å². The Bertz CT molecular complexity index is 467. The molecule has 1 aromatic carbocycles. The van der Waals surface area contributed by atoms with Crippen molar-refractivity contribution in [3.8, 4) is 0 Å². The summed E-state index contributed by atoms with van der Waals surface area (Å²) in [4.78, 5) is 12.4. The van der Waals surface area contributed by atoms with Gasteiger partial charge < -0.3 is 10.1 Å². The van der Waals surface area contributed by atoms with Gasteiger partial charge in [0.25, 0.3) is 0 Å². The number of hydrogen-bond donors (Lipinski definition) is 1. The van der Waals surface area contributed by atoms with E-state index < -0.39 is 5.54 Å². The van der Waals surface area contributed by atoms with E-state index >= 15 is 0 Å². The van der Waals surface area contributed by atoms with Crippen molar-refractivity contribution in [3.63, 3.8) is 0 Å². The third-order valence-electron chi connectivity index (χ3n) is 4.04. The highest BCUT2D eigenvalue weighted by Crippen LogP contribution is 2.37. The quantitative estimate of drug-likeness (QED) is 0.827. The molecule has 20 heavy (non-hydrogen) atoms. The first-order valence-corrected chi connectivity index (χ1v) is 8.06. The minimum Gasteiger partial charge on any atom is -0.464 e. The maximum atomic E-state index is 12.4. The Hall–Kier alpha value is -1.03. The molecular formula is C16H22BrNO2. The highest BCUT2D eigenvalue weighted by atomic mass is 79.9. The Morgan fingerprint density at radius 1 is 1.40 bits per heavy atom. The van der Waals surface area contributed by atoms with Gasteiger partial charge >= 0.3 is 5.97 Å². The maximum absolute atomic E-state index is 12.4. The molecular weight excluding hydrogens is 318 g/mol. The number of carbonyl (C=O) groups is 1. The summed E-state index contributed by atoms with van der Waals surface area (Å²) in [5.74, 6) is 0.557. The van der Waals surface area contributed by atoms with Crippen LogP contribution in [0.1, 0.15) is 39.5 Å². The van der Waals surface area contributed by atoms with Crippen molar-refractivity contribution in [2.45, 2.75) is 45.1 Å². The molecule has 1 fully saturated rings. The molecule has 1 aliphatic rings. The number of hydrogen-bond acceptors (Lipinski definition) is 3. The molecule has 0 radical (unpaired) electrons. The molecule has 3 nitrogen and oxygen atoms in total. The lowest BCUT2D eigenvalue weighted by molar-refractivity contribution is -0.150. The van der Waals surface area contributed by atoms with E-state index in [9.17, 15) is 4.79 Å². The minimum absolute atomic E-state index is 0.123. The molecule has 0 spiro atoms. The second-order valence-electron chi connectivity index (χ2n) is 5.59. The average Bonchev–Trinajstić information content (AvgIpc) is 2.44. The van der Waals surface area contributed by atoms with Gasteiger partial charge in [-0.15, -0.1) is 0 Å². The van der Waals surface area contributed by atoms with Crippen LogP contribution in [0.15, 0.2) is 28.7 Å². The van der Waals surface area contributed by atoms with Crippen LogP contribution in [-0.4, -0.2) is 18.1 Å². The Morgan fingerprint density at radius 2 is 2.05 bits per heavy atom. The number of para-hydroxylation sites is 1. The maximum Gasteiger partial charge on any atom is 0.331 e. The minimum atomic E-state index is -0.577. The standard InChI is InChI=1S/C16H22BrNO2/c1-3-20-15(19)16(10-8-12(2)9-11-16)18-14-7-5-4-6-13(14)17/h4-7,12,18H,3,8-11H2,1-2H3. The fraction of sp³-hybridized carbons (Fsp3) is 0.562.